The van der Waals surface area contributed by atoms with Crippen LogP contribution >= 0.6 is 0 Å². The number of benzene rings is 2. The first kappa shape index (κ1) is 23.5. The Morgan fingerprint density at radius 1 is 0.929 bits per heavy atom. The first-order valence-electron chi connectivity index (χ1n) is 9.81. The molecule has 1 N–H and O–H groups in total. The van der Waals surface area contributed by atoms with E-state index in [0.29, 0.717) is 23.3 Å². The van der Waals surface area contributed by atoms with Crippen LogP contribution in [0.1, 0.15) is 77.8 Å². The van der Waals surface area contributed by atoms with Crippen molar-refractivity contribution in [2.75, 3.05) is 0 Å². The second kappa shape index (κ2) is 10.7. The molecule has 28 heavy (non-hydrogen) atoms. The van der Waals surface area contributed by atoms with Crippen molar-refractivity contribution in [1.82, 2.24) is 0 Å². The lowest BCUT2D eigenvalue weighted by molar-refractivity contribution is 0.0206. The van der Waals surface area contributed by atoms with Gasteiger partial charge in [-0.25, -0.2) is 4.79 Å². The molecule has 0 aliphatic heterocycles. The van der Waals surface area contributed by atoms with Gasteiger partial charge in [-0.2, -0.15) is 0 Å². The lowest BCUT2D eigenvalue weighted by Gasteiger charge is -2.18. The molecule has 0 spiro atoms. The summed E-state index contributed by atoms with van der Waals surface area (Å²) >= 11 is 0. The number of carbonyl (C=O) groups excluding carboxylic acids is 1. The topological polar surface area (TPSA) is 55.8 Å². The van der Waals surface area contributed by atoms with Crippen LogP contribution in [0, 0.1) is 0 Å². The number of ether oxygens (including phenoxy) is 2. The molecule has 2 aromatic rings. The standard InChI is InChI=1S/C14H20O3.C10H14O/c1-10(2)11-6-8-12(9-7-11)16-13(15)17-14(3,4)5;1-3-8(2)9-4-6-10(11)7-5-9/h6-10H,1-5H3;4-8,11H,3H2,1-2H3. The minimum Gasteiger partial charge on any atom is -0.508 e. The lowest BCUT2D eigenvalue weighted by atomic mass is 9.99. The van der Waals surface area contributed by atoms with Crippen molar-refractivity contribution in [3.8, 4) is 11.5 Å². The molecule has 0 saturated heterocycles. The van der Waals surface area contributed by atoms with Crippen LogP contribution in [-0.2, 0) is 4.74 Å². The van der Waals surface area contributed by atoms with Crippen molar-refractivity contribution in [2.24, 2.45) is 0 Å². The van der Waals surface area contributed by atoms with Crippen LogP contribution in [-0.4, -0.2) is 16.9 Å². The molecule has 0 amide bonds. The summed E-state index contributed by atoms with van der Waals surface area (Å²) in [5.74, 6) is 1.90. The van der Waals surface area contributed by atoms with Crippen molar-refractivity contribution in [3.05, 3.63) is 59.7 Å². The average molecular weight is 387 g/mol. The summed E-state index contributed by atoms with van der Waals surface area (Å²) < 4.78 is 10.1. The van der Waals surface area contributed by atoms with Crippen LogP contribution in [0.3, 0.4) is 0 Å². The van der Waals surface area contributed by atoms with E-state index in [9.17, 15) is 4.79 Å². The Morgan fingerprint density at radius 3 is 1.86 bits per heavy atom. The van der Waals surface area contributed by atoms with E-state index >= 15 is 0 Å². The third-order valence-corrected chi connectivity index (χ3v) is 4.21. The normalized spacial score (nSPS) is 12.0. The highest BCUT2D eigenvalue weighted by molar-refractivity contribution is 5.64. The van der Waals surface area contributed by atoms with E-state index in [2.05, 4.69) is 27.7 Å². The van der Waals surface area contributed by atoms with E-state index in [-0.39, 0.29) is 0 Å². The smallest absolute Gasteiger partial charge is 0.508 e. The van der Waals surface area contributed by atoms with E-state index in [1.165, 1.54) is 11.1 Å². The number of phenolic OH excluding ortho intramolecular Hbond substituents is 1. The van der Waals surface area contributed by atoms with Gasteiger partial charge in [-0.1, -0.05) is 52.0 Å². The van der Waals surface area contributed by atoms with Gasteiger partial charge in [0.2, 0.25) is 0 Å². The Bertz CT molecular complexity index is 710. The number of rotatable bonds is 4. The first-order chi connectivity index (χ1) is 13.0. The van der Waals surface area contributed by atoms with Gasteiger partial charge in [0.25, 0.3) is 0 Å². The van der Waals surface area contributed by atoms with Crippen LogP contribution in [0.5, 0.6) is 11.5 Å². The fourth-order valence-corrected chi connectivity index (χ4v) is 2.33. The molecule has 2 rings (SSSR count). The summed E-state index contributed by atoms with van der Waals surface area (Å²) in [5.41, 5.74) is 1.97. The minimum absolute atomic E-state index is 0.344. The second-order valence-electron chi connectivity index (χ2n) is 8.19. The fraction of sp³-hybridized carbons (Fsp3) is 0.458. The quantitative estimate of drug-likeness (QED) is 0.453. The summed E-state index contributed by atoms with van der Waals surface area (Å²) in [6.45, 7) is 14.0. The van der Waals surface area contributed by atoms with Gasteiger partial charge in [-0.15, -0.1) is 0 Å². The molecule has 0 saturated carbocycles. The molecule has 4 nitrogen and oxygen atoms in total. The molecule has 0 fully saturated rings. The highest BCUT2D eigenvalue weighted by Crippen LogP contribution is 2.21. The number of aromatic hydroxyl groups is 1. The average Bonchev–Trinajstić information content (AvgIpc) is 2.61. The van der Waals surface area contributed by atoms with Crippen LogP contribution in [0.4, 0.5) is 4.79 Å². The van der Waals surface area contributed by atoms with Gasteiger partial charge in [0.1, 0.15) is 17.1 Å². The summed E-state index contributed by atoms with van der Waals surface area (Å²) in [6.07, 6.45) is 0.472. The Morgan fingerprint density at radius 2 is 1.43 bits per heavy atom. The fourth-order valence-electron chi connectivity index (χ4n) is 2.33. The van der Waals surface area contributed by atoms with Crippen LogP contribution < -0.4 is 4.74 Å². The number of phenols is 1. The van der Waals surface area contributed by atoms with Crippen LogP contribution in [0.2, 0.25) is 0 Å². The molecule has 2 aromatic carbocycles. The predicted molar refractivity (Wildman–Crippen MR) is 114 cm³/mol. The monoisotopic (exact) mass is 386 g/mol. The zero-order valence-corrected chi connectivity index (χ0v) is 18.2. The SMILES string of the molecule is CC(C)c1ccc(OC(=O)OC(C)(C)C)cc1.CCC(C)c1ccc(O)cc1. The van der Waals surface area contributed by atoms with E-state index in [1.54, 1.807) is 45.0 Å². The summed E-state index contributed by atoms with van der Waals surface area (Å²) in [5, 5.41) is 9.01. The molecule has 0 heterocycles. The maximum atomic E-state index is 11.4. The molecule has 1 atom stereocenters. The second-order valence-corrected chi connectivity index (χ2v) is 8.19. The molecule has 4 heteroatoms. The van der Waals surface area contributed by atoms with Gasteiger partial charge < -0.3 is 14.6 Å². The summed E-state index contributed by atoms with van der Waals surface area (Å²) in [6, 6.07) is 14.9. The van der Waals surface area contributed by atoms with E-state index in [4.69, 9.17) is 14.6 Å². The summed E-state index contributed by atoms with van der Waals surface area (Å²) in [4.78, 5) is 11.4. The largest absolute Gasteiger partial charge is 0.514 e. The molecule has 0 aromatic heterocycles. The van der Waals surface area contributed by atoms with Crippen molar-refractivity contribution in [2.45, 2.75) is 72.3 Å². The zero-order valence-electron chi connectivity index (χ0n) is 18.2. The molecular weight excluding hydrogens is 352 g/mol. The summed E-state index contributed by atoms with van der Waals surface area (Å²) in [7, 11) is 0. The zero-order chi connectivity index (χ0) is 21.3. The van der Waals surface area contributed by atoms with Crippen LogP contribution in [0.25, 0.3) is 0 Å². The van der Waals surface area contributed by atoms with Gasteiger partial charge in [0.05, 0.1) is 0 Å². The van der Waals surface area contributed by atoms with Crippen molar-refractivity contribution in [3.63, 3.8) is 0 Å². The molecule has 0 radical (unpaired) electrons. The van der Waals surface area contributed by atoms with E-state index in [0.717, 1.165) is 6.42 Å². The Balaban J connectivity index is 0.000000307. The van der Waals surface area contributed by atoms with Gasteiger partial charge in [-0.3, -0.25) is 0 Å². The number of hydrogen-bond acceptors (Lipinski definition) is 4. The number of carbonyl (C=O) groups is 1. The maximum Gasteiger partial charge on any atom is 0.514 e. The molecule has 1 unspecified atom stereocenters. The van der Waals surface area contributed by atoms with Gasteiger partial charge in [0.15, 0.2) is 0 Å². The Labute approximate surface area is 169 Å². The molecule has 0 aliphatic carbocycles. The van der Waals surface area contributed by atoms with Crippen molar-refractivity contribution >= 4 is 6.16 Å². The Kier molecular flexibility index (Phi) is 9.04. The Hall–Kier alpha value is -2.49. The third kappa shape index (κ3) is 8.94. The molecule has 154 valence electrons. The van der Waals surface area contributed by atoms with Gasteiger partial charge in [-0.05, 0) is 74.4 Å². The molecule has 0 aliphatic rings. The number of hydrogen-bond donors (Lipinski definition) is 1. The molecular formula is C24H34O4. The first-order valence-corrected chi connectivity index (χ1v) is 9.81. The van der Waals surface area contributed by atoms with Crippen LogP contribution in [0.15, 0.2) is 48.5 Å². The maximum absolute atomic E-state index is 11.4. The lowest BCUT2D eigenvalue weighted by Crippen LogP contribution is -2.25. The third-order valence-electron chi connectivity index (χ3n) is 4.21. The highest BCUT2D eigenvalue weighted by Gasteiger charge is 2.17. The minimum atomic E-state index is -0.671. The van der Waals surface area contributed by atoms with Crippen molar-refractivity contribution in [1.29, 1.82) is 0 Å². The van der Waals surface area contributed by atoms with Crippen molar-refractivity contribution < 1.29 is 19.4 Å². The van der Waals surface area contributed by atoms with E-state index in [1.807, 2.05) is 24.3 Å². The highest BCUT2D eigenvalue weighted by atomic mass is 16.7. The van der Waals surface area contributed by atoms with Gasteiger partial charge >= 0.3 is 6.16 Å². The van der Waals surface area contributed by atoms with E-state index < -0.39 is 11.8 Å². The predicted octanol–water partition coefficient (Wildman–Crippen LogP) is 7.03. The molecule has 0 bridgehead atoms. The van der Waals surface area contributed by atoms with Gasteiger partial charge in [0, 0.05) is 0 Å².